The van der Waals surface area contributed by atoms with Gasteiger partial charge in [-0.15, -0.1) is 0 Å². The number of carbonyl (C=O) groups is 3. The van der Waals surface area contributed by atoms with Gasteiger partial charge in [-0.25, -0.2) is 4.79 Å². The van der Waals surface area contributed by atoms with Crippen LogP contribution in [0.1, 0.15) is 34.5 Å². The maximum atomic E-state index is 12.8. The Hall–Kier alpha value is -3.58. The minimum Gasteiger partial charge on any atom is -0.454 e. The molecule has 0 fully saturated rings. The number of nitrogens with one attached hydrogen (secondary N) is 2. The van der Waals surface area contributed by atoms with Crippen LogP contribution in [0.3, 0.4) is 0 Å². The maximum absolute atomic E-state index is 12.8. The number of esters is 1. The highest BCUT2D eigenvalue weighted by molar-refractivity contribution is 7.98. The molecule has 3 rings (SSSR count). The summed E-state index contributed by atoms with van der Waals surface area (Å²) in [6.07, 6.45) is 0. The van der Waals surface area contributed by atoms with Gasteiger partial charge in [-0.1, -0.05) is 78.9 Å². The smallest absolute Gasteiger partial charge is 0.330 e. The predicted molar refractivity (Wildman–Crippen MR) is 134 cm³/mol. The summed E-state index contributed by atoms with van der Waals surface area (Å²) in [4.78, 5) is 37.7. The molecular weight excluding hydrogens is 448 g/mol. The molecule has 2 unspecified atom stereocenters. The number of benzene rings is 3. The summed E-state index contributed by atoms with van der Waals surface area (Å²) in [7, 11) is 0. The molecule has 0 saturated heterocycles. The van der Waals surface area contributed by atoms with Crippen molar-refractivity contribution in [2.24, 2.45) is 0 Å². The van der Waals surface area contributed by atoms with E-state index >= 15 is 0 Å². The first-order chi connectivity index (χ1) is 16.5. The first-order valence-corrected chi connectivity index (χ1v) is 12.2. The summed E-state index contributed by atoms with van der Waals surface area (Å²) in [6.45, 7) is 1.44. The van der Waals surface area contributed by atoms with Crippen LogP contribution >= 0.6 is 11.8 Å². The van der Waals surface area contributed by atoms with Gasteiger partial charge in [-0.3, -0.25) is 9.59 Å². The Morgan fingerprint density at radius 3 is 2.06 bits per heavy atom. The van der Waals surface area contributed by atoms with Crippen molar-refractivity contribution in [1.29, 1.82) is 0 Å². The Kier molecular flexibility index (Phi) is 9.73. The lowest BCUT2D eigenvalue weighted by molar-refractivity contribution is -0.150. The van der Waals surface area contributed by atoms with Crippen LogP contribution in [-0.4, -0.2) is 36.2 Å². The molecule has 0 heterocycles. The van der Waals surface area contributed by atoms with Crippen molar-refractivity contribution >= 4 is 29.5 Å². The summed E-state index contributed by atoms with van der Waals surface area (Å²) in [5.41, 5.74) is 2.51. The third kappa shape index (κ3) is 8.08. The molecule has 2 N–H and O–H groups in total. The molecule has 0 spiro atoms. The second-order valence-electron chi connectivity index (χ2n) is 7.70. The van der Waals surface area contributed by atoms with Crippen LogP contribution in [0.2, 0.25) is 0 Å². The van der Waals surface area contributed by atoms with E-state index in [0.717, 1.165) is 11.1 Å². The van der Waals surface area contributed by atoms with E-state index in [0.29, 0.717) is 17.1 Å². The van der Waals surface area contributed by atoms with E-state index in [9.17, 15) is 14.4 Å². The Bertz CT molecular complexity index is 1060. The van der Waals surface area contributed by atoms with Crippen LogP contribution in [0.25, 0.3) is 0 Å². The van der Waals surface area contributed by atoms with Gasteiger partial charge >= 0.3 is 5.97 Å². The summed E-state index contributed by atoms with van der Waals surface area (Å²) in [6, 6.07) is 26.9. The molecule has 2 amide bonds. The third-order valence-corrected chi connectivity index (χ3v) is 6.15. The van der Waals surface area contributed by atoms with Crippen LogP contribution < -0.4 is 10.6 Å². The number of amides is 2. The van der Waals surface area contributed by atoms with Crippen LogP contribution in [0.5, 0.6) is 0 Å². The van der Waals surface area contributed by atoms with Gasteiger partial charge in [0.25, 0.3) is 11.8 Å². The summed E-state index contributed by atoms with van der Waals surface area (Å²) in [5.74, 6) is -0.429. The molecule has 3 aromatic rings. The first-order valence-electron chi connectivity index (χ1n) is 11.0. The average molecular weight is 477 g/mol. The molecule has 34 heavy (non-hydrogen) atoms. The van der Waals surface area contributed by atoms with Crippen molar-refractivity contribution in [1.82, 2.24) is 10.6 Å². The van der Waals surface area contributed by atoms with Gasteiger partial charge in [0, 0.05) is 17.1 Å². The quantitative estimate of drug-likeness (QED) is 0.407. The van der Waals surface area contributed by atoms with Gasteiger partial charge in [0.1, 0.15) is 6.04 Å². The summed E-state index contributed by atoms with van der Waals surface area (Å²) in [5, 5.41) is 5.56. The molecule has 0 bridgehead atoms. The van der Waals surface area contributed by atoms with Crippen molar-refractivity contribution in [2.75, 3.05) is 12.4 Å². The Morgan fingerprint density at radius 1 is 0.824 bits per heavy atom. The summed E-state index contributed by atoms with van der Waals surface area (Å²) < 4.78 is 5.26. The van der Waals surface area contributed by atoms with Gasteiger partial charge in [0.05, 0.1) is 6.04 Å². The van der Waals surface area contributed by atoms with Crippen molar-refractivity contribution < 1.29 is 19.1 Å². The minimum absolute atomic E-state index is 0.220. The molecule has 0 aliphatic heterocycles. The Balaban J connectivity index is 1.56. The highest BCUT2D eigenvalue weighted by Crippen LogP contribution is 2.14. The lowest BCUT2D eigenvalue weighted by Crippen LogP contribution is -2.44. The molecule has 0 saturated carbocycles. The van der Waals surface area contributed by atoms with E-state index in [2.05, 4.69) is 10.6 Å². The Morgan fingerprint density at radius 2 is 1.41 bits per heavy atom. The molecule has 2 atom stereocenters. The molecule has 176 valence electrons. The standard InChI is InChI=1S/C27H28N2O4S/c1-20(22-13-7-3-8-14-22)28-25(30)17-33-27(32)24(19-34-18-21-11-5-2-6-12-21)29-26(31)23-15-9-4-10-16-23/h2-16,20,24H,17-19H2,1H3,(H,28,30)(H,29,31). The maximum Gasteiger partial charge on any atom is 0.330 e. The van der Waals surface area contributed by atoms with Gasteiger partial charge in [0.15, 0.2) is 6.61 Å². The average Bonchev–Trinajstić information content (AvgIpc) is 2.88. The zero-order valence-electron chi connectivity index (χ0n) is 19.0. The molecule has 0 radical (unpaired) electrons. The molecule has 7 heteroatoms. The van der Waals surface area contributed by atoms with Gasteiger partial charge in [0.2, 0.25) is 0 Å². The van der Waals surface area contributed by atoms with Crippen molar-refractivity contribution in [3.05, 3.63) is 108 Å². The van der Waals surface area contributed by atoms with Crippen molar-refractivity contribution in [3.63, 3.8) is 0 Å². The number of carbonyl (C=O) groups excluding carboxylic acids is 3. The van der Waals surface area contributed by atoms with E-state index in [-0.39, 0.29) is 11.9 Å². The molecule has 0 aliphatic carbocycles. The normalized spacial score (nSPS) is 12.3. The highest BCUT2D eigenvalue weighted by Gasteiger charge is 2.24. The number of hydrogen-bond acceptors (Lipinski definition) is 5. The molecule has 3 aromatic carbocycles. The third-order valence-electron chi connectivity index (χ3n) is 5.04. The number of rotatable bonds is 11. The van der Waals surface area contributed by atoms with E-state index in [1.807, 2.05) is 73.7 Å². The van der Waals surface area contributed by atoms with E-state index in [1.165, 1.54) is 11.8 Å². The predicted octanol–water partition coefficient (Wildman–Crippen LogP) is 4.14. The van der Waals surface area contributed by atoms with Crippen LogP contribution in [-0.2, 0) is 20.1 Å². The summed E-state index contributed by atoms with van der Waals surface area (Å²) >= 11 is 1.51. The largest absolute Gasteiger partial charge is 0.454 e. The second kappa shape index (κ2) is 13.2. The zero-order chi connectivity index (χ0) is 24.2. The fraction of sp³-hybridized carbons (Fsp3) is 0.222. The lowest BCUT2D eigenvalue weighted by atomic mass is 10.1. The highest BCUT2D eigenvalue weighted by atomic mass is 32.2. The van der Waals surface area contributed by atoms with Crippen LogP contribution in [0.15, 0.2) is 91.0 Å². The monoisotopic (exact) mass is 476 g/mol. The number of thioether (sulfide) groups is 1. The van der Waals surface area contributed by atoms with Gasteiger partial charge in [-0.05, 0) is 30.2 Å². The molecule has 0 aliphatic rings. The fourth-order valence-electron chi connectivity index (χ4n) is 3.21. The Labute approximate surface area is 204 Å². The topological polar surface area (TPSA) is 84.5 Å². The molecular formula is C27H28N2O4S. The van der Waals surface area contributed by atoms with Crippen molar-refractivity contribution in [3.8, 4) is 0 Å². The lowest BCUT2D eigenvalue weighted by Gasteiger charge is -2.18. The van der Waals surface area contributed by atoms with Crippen LogP contribution in [0, 0.1) is 0 Å². The van der Waals surface area contributed by atoms with Gasteiger partial charge < -0.3 is 15.4 Å². The van der Waals surface area contributed by atoms with Crippen LogP contribution in [0.4, 0.5) is 0 Å². The zero-order valence-corrected chi connectivity index (χ0v) is 19.8. The van der Waals surface area contributed by atoms with E-state index in [4.69, 9.17) is 4.74 Å². The fourth-order valence-corrected chi connectivity index (χ4v) is 4.22. The van der Waals surface area contributed by atoms with Gasteiger partial charge in [-0.2, -0.15) is 11.8 Å². The number of ether oxygens (including phenoxy) is 1. The first kappa shape index (κ1) is 25.1. The van der Waals surface area contributed by atoms with E-state index < -0.39 is 24.5 Å². The number of hydrogen-bond donors (Lipinski definition) is 2. The molecule has 6 nitrogen and oxygen atoms in total. The minimum atomic E-state index is -0.888. The SMILES string of the molecule is CC(NC(=O)COC(=O)C(CSCc1ccccc1)NC(=O)c1ccccc1)c1ccccc1. The van der Waals surface area contributed by atoms with Crippen molar-refractivity contribution in [2.45, 2.75) is 24.8 Å². The second-order valence-corrected chi connectivity index (χ2v) is 8.73. The van der Waals surface area contributed by atoms with E-state index in [1.54, 1.807) is 24.3 Å². The molecule has 0 aromatic heterocycles.